The number of likely N-dealkylation sites (tertiary alicyclic amines) is 1. The number of ether oxygens (including phenoxy) is 1. The van der Waals surface area contributed by atoms with Crippen LogP contribution in [0.3, 0.4) is 0 Å². The van der Waals surface area contributed by atoms with E-state index in [-0.39, 0.29) is 12.0 Å². The number of nitrogens with zero attached hydrogens (tertiary/aromatic N) is 2. The van der Waals surface area contributed by atoms with E-state index in [1.54, 1.807) is 6.20 Å². The molecule has 35 heavy (non-hydrogen) atoms. The Morgan fingerprint density at radius 3 is 2.14 bits per heavy atom. The predicted molar refractivity (Wildman–Crippen MR) is 136 cm³/mol. The Morgan fingerprint density at radius 1 is 0.943 bits per heavy atom. The summed E-state index contributed by atoms with van der Waals surface area (Å²) in [6.45, 7) is 4.66. The third-order valence-corrected chi connectivity index (χ3v) is 6.96. The molecule has 1 fully saturated rings. The summed E-state index contributed by atoms with van der Waals surface area (Å²) in [6, 6.07) is 29.2. The van der Waals surface area contributed by atoms with Crippen molar-refractivity contribution in [1.29, 1.82) is 0 Å². The van der Waals surface area contributed by atoms with Crippen molar-refractivity contribution in [2.75, 3.05) is 13.1 Å². The Hall–Kier alpha value is -3.41. The van der Waals surface area contributed by atoms with Gasteiger partial charge in [-0.05, 0) is 48.6 Å². The number of aliphatic hydroxyl groups is 1. The van der Waals surface area contributed by atoms with E-state index in [9.17, 15) is 5.11 Å². The summed E-state index contributed by atoms with van der Waals surface area (Å²) in [6.07, 6.45) is 4.04. The first kappa shape index (κ1) is 23.3. The highest BCUT2D eigenvalue weighted by molar-refractivity contribution is 5.41. The highest BCUT2D eigenvalue weighted by Crippen LogP contribution is 2.36. The Kier molecular flexibility index (Phi) is 6.98. The Labute approximate surface area is 207 Å². The lowest BCUT2D eigenvalue weighted by molar-refractivity contribution is 0.0302. The molecule has 0 aliphatic carbocycles. The highest BCUT2D eigenvalue weighted by Gasteiger charge is 2.39. The molecule has 0 amide bonds. The van der Waals surface area contributed by atoms with E-state index in [2.05, 4.69) is 16.8 Å². The van der Waals surface area contributed by atoms with Crippen LogP contribution in [0.4, 0.5) is 0 Å². The van der Waals surface area contributed by atoms with Crippen molar-refractivity contribution >= 4 is 0 Å². The second-order valence-corrected chi connectivity index (χ2v) is 9.24. The quantitative estimate of drug-likeness (QED) is 0.363. The molecule has 1 aromatic heterocycles. The zero-order chi connectivity index (χ0) is 24.1. The number of rotatable bonds is 8. The minimum atomic E-state index is -1.46. The lowest BCUT2D eigenvalue weighted by Gasteiger charge is -2.37. The molecular formula is C30H32N2O3. The summed E-state index contributed by atoms with van der Waals surface area (Å²) < 4.78 is 12.6. The molecule has 0 saturated carbocycles. The van der Waals surface area contributed by atoms with Crippen LogP contribution in [0.2, 0.25) is 0 Å². The molecule has 2 unspecified atom stereocenters. The van der Waals surface area contributed by atoms with Gasteiger partial charge in [0, 0.05) is 6.54 Å². The molecule has 5 heteroatoms. The van der Waals surface area contributed by atoms with Crippen LogP contribution < -0.4 is 4.74 Å². The standard InChI is InChI=1S/C30H32N2O3/c1-2-23-18-19-32(22-28(23)34-26-16-10-5-11-17-26)21-27-20-31-29(35-27)30(33,24-12-6-3-7-13-24)25-14-8-4-9-15-25/h3-17,20,23,28,33H,2,18-19,21-22H2,1H3. The van der Waals surface area contributed by atoms with E-state index in [1.807, 2.05) is 91.0 Å². The number of benzene rings is 3. The largest absolute Gasteiger partial charge is 0.489 e. The number of oxazole rings is 1. The monoisotopic (exact) mass is 468 g/mol. The van der Waals surface area contributed by atoms with Crippen molar-refractivity contribution in [2.24, 2.45) is 5.92 Å². The summed E-state index contributed by atoms with van der Waals surface area (Å²) in [4.78, 5) is 6.91. The Balaban J connectivity index is 1.36. The van der Waals surface area contributed by atoms with Gasteiger partial charge in [-0.15, -0.1) is 0 Å². The van der Waals surface area contributed by atoms with E-state index < -0.39 is 5.60 Å². The van der Waals surface area contributed by atoms with Gasteiger partial charge in [-0.3, -0.25) is 4.90 Å². The molecule has 2 atom stereocenters. The van der Waals surface area contributed by atoms with Gasteiger partial charge in [0.2, 0.25) is 5.89 Å². The maximum absolute atomic E-state index is 11.9. The second kappa shape index (κ2) is 10.5. The van der Waals surface area contributed by atoms with Crippen molar-refractivity contribution in [2.45, 2.75) is 38.0 Å². The number of aromatic nitrogens is 1. The molecule has 1 aliphatic heterocycles. The molecule has 3 aromatic carbocycles. The lowest BCUT2D eigenvalue weighted by Crippen LogP contribution is -2.46. The van der Waals surface area contributed by atoms with Crippen LogP contribution >= 0.6 is 0 Å². The predicted octanol–water partition coefficient (Wildman–Crippen LogP) is 5.64. The Bertz CT molecular complexity index is 1150. The van der Waals surface area contributed by atoms with Gasteiger partial charge in [-0.1, -0.05) is 85.8 Å². The van der Waals surface area contributed by atoms with Crippen molar-refractivity contribution in [3.8, 4) is 5.75 Å². The average molecular weight is 469 g/mol. The SMILES string of the molecule is CCC1CCN(Cc2cnc(C(O)(c3ccccc3)c3ccccc3)o2)CC1Oc1ccccc1. The van der Waals surface area contributed by atoms with E-state index in [4.69, 9.17) is 9.15 Å². The zero-order valence-corrected chi connectivity index (χ0v) is 20.1. The second-order valence-electron chi connectivity index (χ2n) is 9.24. The third-order valence-electron chi connectivity index (χ3n) is 6.96. The van der Waals surface area contributed by atoms with E-state index in [1.165, 1.54) is 0 Å². The van der Waals surface area contributed by atoms with E-state index >= 15 is 0 Å². The molecule has 0 radical (unpaired) electrons. The van der Waals surface area contributed by atoms with Gasteiger partial charge < -0.3 is 14.3 Å². The molecule has 180 valence electrons. The first-order chi connectivity index (χ1) is 17.2. The average Bonchev–Trinajstić information content (AvgIpc) is 3.39. The smallest absolute Gasteiger partial charge is 0.236 e. The van der Waals surface area contributed by atoms with Crippen LogP contribution in [0.25, 0.3) is 0 Å². The summed E-state index contributed by atoms with van der Waals surface area (Å²) in [5, 5.41) is 11.9. The molecule has 0 bridgehead atoms. The molecule has 2 heterocycles. The van der Waals surface area contributed by atoms with Crippen LogP contribution in [-0.2, 0) is 12.1 Å². The zero-order valence-electron chi connectivity index (χ0n) is 20.1. The highest BCUT2D eigenvalue weighted by atomic mass is 16.5. The molecule has 1 saturated heterocycles. The van der Waals surface area contributed by atoms with Gasteiger partial charge in [0.25, 0.3) is 0 Å². The summed E-state index contributed by atoms with van der Waals surface area (Å²) in [5.41, 5.74) is -0.0195. The number of hydrogen-bond acceptors (Lipinski definition) is 5. The van der Waals surface area contributed by atoms with Crippen LogP contribution in [0.5, 0.6) is 5.75 Å². The fraction of sp³-hybridized carbons (Fsp3) is 0.300. The minimum absolute atomic E-state index is 0.129. The first-order valence-electron chi connectivity index (χ1n) is 12.4. The number of hydrogen-bond donors (Lipinski definition) is 1. The minimum Gasteiger partial charge on any atom is -0.489 e. The van der Waals surface area contributed by atoms with Gasteiger partial charge in [-0.25, -0.2) is 4.98 Å². The molecular weight excluding hydrogens is 436 g/mol. The Morgan fingerprint density at radius 2 is 1.54 bits per heavy atom. The van der Waals surface area contributed by atoms with Crippen LogP contribution in [0, 0.1) is 5.92 Å². The van der Waals surface area contributed by atoms with Gasteiger partial charge in [-0.2, -0.15) is 0 Å². The molecule has 5 nitrogen and oxygen atoms in total. The number of para-hydroxylation sites is 1. The van der Waals surface area contributed by atoms with Crippen LogP contribution in [-0.4, -0.2) is 34.2 Å². The van der Waals surface area contributed by atoms with Crippen LogP contribution in [0.15, 0.2) is 102 Å². The molecule has 0 spiro atoms. The van der Waals surface area contributed by atoms with E-state index in [0.717, 1.165) is 48.6 Å². The van der Waals surface area contributed by atoms with Crippen molar-refractivity contribution in [3.63, 3.8) is 0 Å². The maximum atomic E-state index is 11.9. The van der Waals surface area contributed by atoms with Gasteiger partial charge in [0.15, 0.2) is 5.60 Å². The van der Waals surface area contributed by atoms with Crippen molar-refractivity contribution < 1.29 is 14.3 Å². The fourth-order valence-electron chi connectivity index (χ4n) is 4.99. The van der Waals surface area contributed by atoms with Gasteiger partial charge in [0.05, 0.1) is 12.7 Å². The van der Waals surface area contributed by atoms with E-state index in [0.29, 0.717) is 12.5 Å². The topological polar surface area (TPSA) is 58.7 Å². The molecule has 1 aliphatic rings. The normalized spacial score (nSPS) is 18.9. The summed E-state index contributed by atoms with van der Waals surface area (Å²) in [5.74, 6) is 2.46. The summed E-state index contributed by atoms with van der Waals surface area (Å²) in [7, 11) is 0. The van der Waals surface area contributed by atoms with Crippen molar-refractivity contribution in [3.05, 3.63) is 120 Å². The van der Waals surface area contributed by atoms with Crippen molar-refractivity contribution in [1.82, 2.24) is 9.88 Å². The number of piperidine rings is 1. The third kappa shape index (κ3) is 5.02. The first-order valence-corrected chi connectivity index (χ1v) is 12.4. The summed E-state index contributed by atoms with van der Waals surface area (Å²) >= 11 is 0. The maximum Gasteiger partial charge on any atom is 0.236 e. The fourth-order valence-corrected chi connectivity index (χ4v) is 4.99. The lowest BCUT2D eigenvalue weighted by atomic mass is 9.86. The molecule has 1 N–H and O–H groups in total. The molecule has 5 rings (SSSR count). The van der Waals surface area contributed by atoms with Crippen LogP contribution in [0.1, 0.15) is 42.5 Å². The van der Waals surface area contributed by atoms with Gasteiger partial charge in [0.1, 0.15) is 17.6 Å². The molecule has 4 aromatic rings. The van der Waals surface area contributed by atoms with Gasteiger partial charge >= 0.3 is 0 Å².